The molecule has 1 aromatic rings. The van der Waals surface area contributed by atoms with Crippen LogP contribution in [0.4, 0.5) is 5.69 Å². The lowest BCUT2D eigenvalue weighted by Crippen LogP contribution is -2.37. The number of anilines is 1. The van der Waals surface area contributed by atoms with Crippen LogP contribution in [0.2, 0.25) is 5.02 Å². The number of likely N-dealkylation sites (tertiary alicyclic amines) is 1. The number of carboxylic acids is 1. The first-order chi connectivity index (χ1) is 9.50. The van der Waals surface area contributed by atoms with E-state index >= 15 is 0 Å². The molecule has 0 aromatic heterocycles. The monoisotopic (exact) mass is 296 g/mol. The second-order valence-corrected chi connectivity index (χ2v) is 5.29. The highest BCUT2D eigenvalue weighted by Crippen LogP contribution is 2.29. The van der Waals surface area contributed by atoms with E-state index in [0.717, 1.165) is 25.9 Å². The van der Waals surface area contributed by atoms with Gasteiger partial charge in [0.1, 0.15) is 0 Å². The Hall–Kier alpha value is -1.75. The Kier molecular flexibility index (Phi) is 4.49. The summed E-state index contributed by atoms with van der Waals surface area (Å²) >= 11 is 6.08. The zero-order chi connectivity index (χ0) is 14.7. The molecule has 1 aromatic carbocycles. The van der Waals surface area contributed by atoms with Crippen LogP contribution in [-0.2, 0) is 4.79 Å². The zero-order valence-electron chi connectivity index (χ0n) is 11.3. The SMILES string of the molecule is CN(CC(=O)N1CCCC1)c1c(Cl)cccc1C(=O)O. The summed E-state index contributed by atoms with van der Waals surface area (Å²) in [7, 11) is 1.68. The summed E-state index contributed by atoms with van der Waals surface area (Å²) in [4.78, 5) is 26.8. The van der Waals surface area contributed by atoms with Crippen molar-refractivity contribution < 1.29 is 14.7 Å². The van der Waals surface area contributed by atoms with Crippen molar-refractivity contribution in [3.63, 3.8) is 0 Å². The van der Waals surface area contributed by atoms with Gasteiger partial charge in [0.2, 0.25) is 5.91 Å². The number of halogens is 1. The molecular formula is C14H17ClN2O3. The molecule has 5 nitrogen and oxygen atoms in total. The van der Waals surface area contributed by atoms with Crippen LogP contribution in [0.25, 0.3) is 0 Å². The Morgan fingerprint density at radius 2 is 2.00 bits per heavy atom. The van der Waals surface area contributed by atoms with Crippen molar-refractivity contribution >= 4 is 29.2 Å². The fourth-order valence-electron chi connectivity index (χ4n) is 2.42. The molecule has 1 saturated heterocycles. The minimum Gasteiger partial charge on any atom is -0.478 e. The minimum absolute atomic E-state index is 0.00117. The molecule has 0 aliphatic carbocycles. The summed E-state index contributed by atoms with van der Waals surface area (Å²) < 4.78 is 0. The molecule has 0 bridgehead atoms. The van der Waals surface area contributed by atoms with Crippen molar-refractivity contribution in [1.82, 2.24) is 4.90 Å². The van der Waals surface area contributed by atoms with Gasteiger partial charge in [-0.15, -0.1) is 0 Å². The van der Waals surface area contributed by atoms with Crippen LogP contribution in [0.1, 0.15) is 23.2 Å². The number of hydrogen-bond acceptors (Lipinski definition) is 3. The normalized spacial score (nSPS) is 14.4. The van der Waals surface area contributed by atoms with E-state index in [1.807, 2.05) is 0 Å². The average molecular weight is 297 g/mol. The second-order valence-electron chi connectivity index (χ2n) is 4.89. The fourth-order valence-corrected chi connectivity index (χ4v) is 2.74. The number of rotatable bonds is 4. The van der Waals surface area contributed by atoms with Crippen LogP contribution in [0.5, 0.6) is 0 Å². The van der Waals surface area contributed by atoms with E-state index in [1.54, 1.807) is 29.0 Å². The van der Waals surface area contributed by atoms with Gasteiger partial charge in [0.15, 0.2) is 0 Å². The van der Waals surface area contributed by atoms with Crippen LogP contribution < -0.4 is 4.90 Å². The summed E-state index contributed by atoms with van der Waals surface area (Å²) in [6, 6.07) is 4.70. The maximum Gasteiger partial charge on any atom is 0.337 e. The highest BCUT2D eigenvalue weighted by Gasteiger charge is 2.22. The summed E-state index contributed by atoms with van der Waals surface area (Å²) in [6.07, 6.45) is 2.06. The summed E-state index contributed by atoms with van der Waals surface area (Å²) in [5.41, 5.74) is 0.489. The molecule has 1 fully saturated rings. The number of carboxylic acid groups (broad SMARTS) is 1. The number of amides is 1. The maximum atomic E-state index is 12.1. The summed E-state index contributed by atoms with van der Waals surface area (Å²) in [5, 5.41) is 9.54. The average Bonchev–Trinajstić information content (AvgIpc) is 2.91. The molecule has 1 aliphatic rings. The lowest BCUT2D eigenvalue weighted by atomic mass is 10.1. The molecule has 108 valence electrons. The van der Waals surface area contributed by atoms with E-state index in [4.69, 9.17) is 11.6 Å². The van der Waals surface area contributed by atoms with Gasteiger partial charge in [0, 0.05) is 20.1 Å². The summed E-state index contributed by atoms with van der Waals surface area (Å²) in [5.74, 6) is -1.05. The van der Waals surface area contributed by atoms with Gasteiger partial charge in [-0.1, -0.05) is 17.7 Å². The molecule has 1 heterocycles. The van der Waals surface area contributed by atoms with Crippen LogP contribution in [0, 0.1) is 0 Å². The first-order valence-corrected chi connectivity index (χ1v) is 6.89. The first-order valence-electron chi connectivity index (χ1n) is 6.51. The number of benzene rings is 1. The standard InChI is InChI=1S/C14H17ClN2O3/c1-16(9-12(18)17-7-2-3-8-17)13-10(14(19)20)5-4-6-11(13)15/h4-6H,2-3,7-9H2,1H3,(H,19,20). The van der Waals surface area contributed by atoms with Crippen molar-refractivity contribution in [3.05, 3.63) is 28.8 Å². The van der Waals surface area contributed by atoms with E-state index < -0.39 is 5.97 Å². The number of para-hydroxylation sites is 1. The molecule has 0 radical (unpaired) electrons. The van der Waals surface area contributed by atoms with Gasteiger partial charge in [-0.3, -0.25) is 4.79 Å². The van der Waals surface area contributed by atoms with Gasteiger partial charge >= 0.3 is 5.97 Å². The number of carbonyl (C=O) groups is 2. The first kappa shape index (κ1) is 14.7. The van der Waals surface area contributed by atoms with Crippen molar-refractivity contribution in [3.8, 4) is 0 Å². The van der Waals surface area contributed by atoms with Crippen LogP contribution in [0.3, 0.4) is 0 Å². The predicted molar refractivity (Wildman–Crippen MR) is 77.5 cm³/mol. The van der Waals surface area contributed by atoms with Gasteiger partial charge in [0.25, 0.3) is 0 Å². The highest BCUT2D eigenvalue weighted by atomic mass is 35.5. The van der Waals surface area contributed by atoms with Gasteiger partial charge in [-0.25, -0.2) is 4.79 Å². The topological polar surface area (TPSA) is 60.9 Å². The third-order valence-corrected chi connectivity index (χ3v) is 3.74. The highest BCUT2D eigenvalue weighted by molar-refractivity contribution is 6.34. The van der Waals surface area contributed by atoms with E-state index in [1.165, 1.54) is 6.07 Å². The predicted octanol–water partition coefficient (Wildman–Crippen LogP) is 2.10. The molecule has 0 spiro atoms. The molecule has 1 aliphatic heterocycles. The lowest BCUT2D eigenvalue weighted by Gasteiger charge is -2.24. The Bertz CT molecular complexity index is 527. The summed E-state index contributed by atoms with van der Waals surface area (Å²) in [6.45, 7) is 1.69. The Balaban J connectivity index is 2.18. The van der Waals surface area contributed by atoms with Gasteiger partial charge in [-0.2, -0.15) is 0 Å². The third-order valence-electron chi connectivity index (χ3n) is 3.43. The fraction of sp³-hybridized carbons (Fsp3) is 0.429. The van der Waals surface area contributed by atoms with Crippen LogP contribution in [0.15, 0.2) is 18.2 Å². The molecule has 6 heteroatoms. The smallest absolute Gasteiger partial charge is 0.337 e. The van der Waals surface area contributed by atoms with Crippen molar-refractivity contribution in [2.45, 2.75) is 12.8 Å². The van der Waals surface area contributed by atoms with Crippen LogP contribution >= 0.6 is 11.6 Å². The quantitative estimate of drug-likeness (QED) is 0.924. The van der Waals surface area contributed by atoms with E-state index in [0.29, 0.717) is 10.7 Å². The molecule has 1 amide bonds. The Labute approximate surface area is 122 Å². The minimum atomic E-state index is -1.05. The number of nitrogens with zero attached hydrogens (tertiary/aromatic N) is 2. The molecule has 0 unspecified atom stereocenters. The van der Waals surface area contributed by atoms with Gasteiger partial charge in [-0.05, 0) is 25.0 Å². The van der Waals surface area contributed by atoms with E-state index in [9.17, 15) is 14.7 Å². The lowest BCUT2D eigenvalue weighted by molar-refractivity contribution is -0.128. The number of aromatic carboxylic acids is 1. The number of carbonyl (C=O) groups excluding carboxylic acids is 1. The van der Waals surface area contributed by atoms with Gasteiger partial charge in [0.05, 0.1) is 22.8 Å². The third kappa shape index (κ3) is 3.04. The zero-order valence-corrected chi connectivity index (χ0v) is 12.1. The number of hydrogen-bond donors (Lipinski definition) is 1. The molecule has 2 rings (SSSR count). The Morgan fingerprint density at radius 3 is 2.60 bits per heavy atom. The number of likely N-dealkylation sites (N-methyl/N-ethyl adjacent to an activating group) is 1. The largest absolute Gasteiger partial charge is 0.478 e. The molecule has 0 atom stereocenters. The van der Waals surface area contributed by atoms with Gasteiger partial charge < -0.3 is 14.9 Å². The molecule has 20 heavy (non-hydrogen) atoms. The molecule has 0 saturated carbocycles. The molecule has 1 N–H and O–H groups in total. The second kappa shape index (κ2) is 6.13. The van der Waals surface area contributed by atoms with E-state index in [2.05, 4.69) is 0 Å². The molecular weight excluding hydrogens is 280 g/mol. The van der Waals surface area contributed by atoms with Crippen molar-refractivity contribution in [1.29, 1.82) is 0 Å². The maximum absolute atomic E-state index is 12.1. The van der Waals surface area contributed by atoms with Crippen LogP contribution in [-0.4, -0.2) is 48.6 Å². The van der Waals surface area contributed by atoms with Crippen molar-refractivity contribution in [2.24, 2.45) is 0 Å². The van der Waals surface area contributed by atoms with Crippen molar-refractivity contribution in [2.75, 3.05) is 31.6 Å². The van der Waals surface area contributed by atoms with E-state index in [-0.39, 0.29) is 18.0 Å². The Morgan fingerprint density at radius 1 is 1.35 bits per heavy atom.